The maximum atomic E-state index is 3.46. The molecular formula is C15H24N2. The Morgan fingerprint density at radius 2 is 2.00 bits per heavy atom. The lowest BCUT2D eigenvalue weighted by atomic mass is 9.91. The molecule has 0 spiro atoms. The second-order valence-corrected chi connectivity index (χ2v) is 5.60. The Labute approximate surface area is 105 Å². The van der Waals surface area contributed by atoms with Crippen LogP contribution in [0.4, 0.5) is 5.69 Å². The van der Waals surface area contributed by atoms with Crippen LogP contribution in [0.1, 0.15) is 30.9 Å². The fourth-order valence-corrected chi connectivity index (χ4v) is 2.59. The van der Waals surface area contributed by atoms with E-state index < -0.39 is 0 Å². The Hall–Kier alpha value is -1.02. The molecule has 1 atom stereocenters. The zero-order chi connectivity index (χ0) is 12.5. The second-order valence-electron chi connectivity index (χ2n) is 5.60. The maximum absolute atomic E-state index is 3.46. The molecule has 17 heavy (non-hydrogen) atoms. The standard InChI is InChI=1S/C15H24N2/c1-12-6-7-14(10-13(12)2)17-9-5-8-15(3,11-17)16-4/h6-7,10,16H,5,8-9,11H2,1-4H3. The minimum Gasteiger partial charge on any atom is -0.370 e. The fourth-order valence-electron chi connectivity index (χ4n) is 2.59. The number of aryl methyl sites for hydroxylation is 2. The SMILES string of the molecule is CNC1(C)CCCN(c2ccc(C)c(C)c2)C1. The van der Waals surface area contributed by atoms with Gasteiger partial charge in [0.2, 0.25) is 0 Å². The molecule has 0 radical (unpaired) electrons. The van der Waals surface area contributed by atoms with Crippen molar-refractivity contribution in [2.24, 2.45) is 0 Å². The summed E-state index contributed by atoms with van der Waals surface area (Å²) in [6.07, 6.45) is 2.54. The highest BCUT2D eigenvalue weighted by Gasteiger charge is 2.29. The van der Waals surface area contributed by atoms with Gasteiger partial charge in [0.15, 0.2) is 0 Å². The van der Waals surface area contributed by atoms with E-state index in [0.29, 0.717) is 0 Å². The van der Waals surface area contributed by atoms with Gasteiger partial charge in [-0.15, -0.1) is 0 Å². The number of piperidine rings is 1. The van der Waals surface area contributed by atoms with Crippen LogP contribution in [0.5, 0.6) is 0 Å². The zero-order valence-electron chi connectivity index (χ0n) is 11.5. The normalized spacial score (nSPS) is 25.1. The van der Waals surface area contributed by atoms with Crippen LogP contribution in [0.2, 0.25) is 0 Å². The van der Waals surface area contributed by atoms with Gasteiger partial charge in [-0.3, -0.25) is 0 Å². The van der Waals surface area contributed by atoms with Crippen molar-refractivity contribution in [3.05, 3.63) is 29.3 Å². The molecule has 0 aliphatic carbocycles. The topological polar surface area (TPSA) is 15.3 Å². The lowest BCUT2D eigenvalue weighted by Crippen LogP contribution is -2.53. The number of rotatable bonds is 2. The zero-order valence-corrected chi connectivity index (χ0v) is 11.5. The van der Waals surface area contributed by atoms with Gasteiger partial charge in [-0.25, -0.2) is 0 Å². The molecule has 1 fully saturated rings. The van der Waals surface area contributed by atoms with Gasteiger partial charge in [-0.2, -0.15) is 0 Å². The minimum absolute atomic E-state index is 0.261. The number of hydrogen-bond acceptors (Lipinski definition) is 2. The maximum Gasteiger partial charge on any atom is 0.0369 e. The van der Waals surface area contributed by atoms with E-state index in [2.05, 4.69) is 56.2 Å². The fraction of sp³-hybridized carbons (Fsp3) is 0.600. The first-order valence-electron chi connectivity index (χ1n) is 6.55. The molecule has 2 rings (SSSR count). The molecule has 0 saturated carbocycles. The van der Waals surface area contributed by atoms with Crippen LogP contribution in [0.15, 0.2) is 18.2 Å². The molecule has 1 aliphatic heterocycles. The van der Waals surface area contributed by atoms with Crippen molar-refractivity contribution in [3.8, 4) is 0 Å². The number of nitrogens with one attached hydrogen (secondary N) is 1. The molecule has 0 amide bonds. The van der Waals surface area contributed by atoms with Crippen molar-refractivity contribution in [2.75, 3.05) is 25.0 Å². The first-order chi connectivity index (χ1) is 8.04. The third-order valence-electron chi connectivity index (χ3n) is 4.16. The first kappa shape index (κ1) is 12.4. The van der Waals surface area contributed by atoms with E-state index in [9.17, 15) is 0 Å². The molecular weight excluding hydrogens is 208 g/mol. The van der Waals surface area contributed by atoms with Crippen LogP contribution < -0.4 is 10.2 Å². The Morgan fingerprint density at radius 3 is 2.65 bits per heavy atom. The molecule has 2 nitrogen and oxygen atoms in total. The van der Waals surface area contributed by atoms with Gasteiger partial charge in [0.25, 0.3) is 0 Å². The quantitative estimate of drug-likeness (QED) is 0.843. The molecule has 0 aromatic heterocycles. The predicted molar refractivity (Wildman–Crippen MR) is 74.8 cm³/mol. The predicted octanol–water partition coefficient (Wildman–Crippen LogP) is 2.88. The Morgan fingerprint density at radius 1 is 1.24 bits per heavy atom. The van der Waals surface area contributed by atoms with Crippen molar-refractivity contribution in [1.82, 2.24) is 5.32 Å². The summed E-state index contributed by atoms with van der Waals surface area (Å²) >= 11 is 0. The molecule has 1 aliphatic rings. The van der Waals surface area contributed by atoms with E-state index in [0.717, 1.165) is 6.54 Å². The summed E-state index contributed by atoms with van der Waals surface area (Å²) in [4.78, 5) is 2.51. The largest absolute Gasteiger partial charge is 0.370 e. The summed E-state index contributed by atoms with van der Waals surface area (Å²) in [5.74, 6) is 0. The van der Waals surface area contributed by atoms with E-state index in [-0.39, 0.29) is 5.54 Å². The third-order valence-corrected chi connectivity index (χ3v) is 4.16. The van der Waals surface area contributed by atoms with Crippen molar-refractivity contribution in [1.29, 1.82) is 0 Å². The summed E-state index contributed by atoms with van der Waals surface area (Å²) < 4.78 is 0. The average molecular weight is 232 g/mol. The Bertz CT molecular complexity index is 400. The van der Waals surface area contributed by atoms with Gasteiger partial charge in [-0.1, -0.05) is 6.07 Å². The van der Waals surface area contributed by atoms with Crippen molar-refractivity contribution in [2.45, 2.75) is 39.2 Å². The molecule has 1 aromatic carbocycles. The van der Waals surface area contributed by atoms with Gasteiger partial charge in [0.05, 0.1) is 0 Å². The van der Waals surface area contributed by atoms with Crippen LogP contribution >= 0.6 is 0 Å². The van der Waals surface area contributed by atoms with Crippen molar-refractivity contribution >= 4 is 5.69 Å². The number of benzene rings is 1. The molecule has 0 bridgehead atoms. The van der Waals surface area contributed by atoms with E-state index in [1.807, 2.05) is 0 Å². The Kier molecular flexibility index (Phi) is 3.43. The summed E-state index contributed by atoms with van der Waals surface area (Å²) in [5.41, 5.74) is 4.40. The smallest absolute Gasteiger partial charge is 0.0369 e. The first-order valence-corrected chi connectivity index (χ1v) is 6.55. The van der Waals surface area contributed by atoms with Gasteiger partial charge in [-0.05, 0) is 63.9 Å². The van der Waals surface area contributed by atoms with E-state index in [4.69, 9.17) is 0 Å². The summed E-state index contributed by atoms with van der Waals surface area (Å²) in [5, 5.41) is 3.46. The number of anilines is 1. The Balaban J connectivity index is 2.19. The van der Waals surface area contributed by atoms with Crippen LogP contribution in [-0.4, -0.2) is 25.7 Å². The molecule has 1 unspecified atom stereocenters. The van der Waals surface area contributed by atoms with E-state index in [1.165, 1.54) is 36.2 Å². The lowest BCUT2D eigenvalue weighted by Gasteiger charge is -2.41. The van der Waals surface area contributed by atoms with Crippen LogP contribution in [-0.2, 0) is 0 Å². The molecule has 1 heterocycles. The number of likely N-dealkylation sites (N-methyl/N-ethyl adjacent to an activating group) is 1. The van der Waals surface area contributed by atoms with Gasteiger partial charge in [0.1, 0.15) is 0 Å². The molecule has 2 heteroatoms. The van der Waals surface area contributed by atoms with Crippen LogP contribution in [0.25, 0.3) is 0 Å². The average Bonchev–Trinajstić information content (AvgIpc) is 2.33. The monoisotopic (exact) mass is 232 g/mol. The lowest BCUT2D eigenvalue weighted by molar-refractivity contribution is 0.316. The summed E-state index contributed by atoms with van der Waals surface area (Å²) in [6.45, 7) is 8.97. The second kappa shape index (κ2) is 4.69. The van der Waals surface area contributed by atoms with Crippen molar-refractivity contribution in [3.63, 3.8) is 0 Å². The third kappa shape index (κ3) is 2.63. The minimum atomic E-state index is 0.261. The van der Waals surface area contributed by atoms with Gasteiger partial charge >= 0.3 is 0 Å². The highest BCUT2D eigenvalue weighted by atomic mass is 15.2. The van der Waals surface area contributed by atoms with Crippen LogP contribution in [0, 0.1) is 13.8 Å². The summed E-state index contributed by atoms with van der Waals surface area (Å²) in [6, 6.07) is 6.80. The number of nitrogens with zero attached hydrogens (tertiary/aromatic N) is 1. The van der Waals surface area contributed by atoms with E-state index >= 15 is 0 Å². The van der Waals surface area contributed by atoms with Crippen LogP contribution in [0.3, 0.4) is 0 Å². The summed E-state index contributed by atoms with van der Waals surface area (Å²) in [7, 11) is 2.07. The van der Waals surface area contributed by atoms with E-state index in [1.54, 1.807) is 0 Å². The highest BCUT2D eigenvalue weighted by molar-refractivity contribution is 5.51. The number of hydrogen-bond donors (Lipinski definition) is 1. The van der Waals surface area contributed by atoms with Gasteiger partial charge < -0.3 is 10.2 Å². The molecule has 94 valence electrons. The molecule has 1 saturated heterocycles. The highest BCUT2D eigenvalue weighted by Crippen LogP contribution is 2.26. The molecule has 1 N–H and O–H groups in total. The molecule has 1 aromatic rings. The van der Waals surface area contributed by atoms with Crippen molar-refractivity contribution < 1.29 is 0 Å². The van der Waals surface area contributed by atoms with Gasteiger partial charge in [0, 0.05) is 24.3 Å².